The highest BCUT2D eigenvalue weighted by atomic mass is 19.2. The van der Waals surface area contributed by atoms with E-state index in [1.54, 1.807) is 0 Å². The summed E-state index contributed by atoms with van der Waals surface area (Å²) < 4.78 is 26.0. The van der Waals surface area contributed by atoms with Crippen LogP contribution in [0.2, 0.25) is 0 Å². The van der Waals surface area contributed by atoms with Crippen LogP contribution in [0, 0.1) is 11.6 Å². The number of carbonyl (C=O) groups excluding carboxylic acids is 2. The highest BCUT2D eigenvalue weighted by Crippen LogP contribution is 2.10. The minimum atomic E-state index is -0.956. The second-order valence-corrected chi connectivity index (χ2v) is 5.06. The zero-order valence-corrected chi connectivity index (χ0v) is 13.0. The molecule has 3 N–H and O–H groups in total. The van der Waals surface area contributed by atoms with Crippen LogP contribution < -0.4 is 10.6 Å². The maximum absolute atomic E-state index is 13.1. The number of hydrogen-bond donors (Lipinski definition) is 3. The van der Waals surface area contributed by atoms with E-state index in [0.717, 1.165) is 12.1 Å². The van der Waals surface area contributed by atoms with Gasteiger partial charge in [-0.2, -0.15) is 5.10 Å². The number of halogens is 2. The van der Waals surface area contributed by atoms with Crippen molar-refractivity contribution in [3.8, 4) is 0 Å². The van der Waals surface area contributed by atoms with Crippen molar-refractivity contribution in [1.82, 2.24) is 25.7 Å². The van der Waals surface area contributed by atoms with E-state index in [9.17, 15) is 18.4 Å². The summed E-state index contributed by atoms with van der Waals surface area (Å²) >= 11 is 0. The van der Waals surface area contributed by atoms with Crippen LogP contribution in [0.1, 0.15) is 16.1 Å². The van der Waals surface area contributed by atoms with Gasteiger partial charge in [-0.1, -0.05) is 6.07 Å². The van der Waals surface area contributed by atoms with Crippen LogP contribution >= 0.6 is 0 Å². The Kier molecular flexibility index (Phi) is 5.83. The van der Waals surface area contributed by atoms with Gasteiger partial charge in [0.15, 0.2) is 11.6 Å². The Morgan fingerprint density at radius 3 is 2.58 bits per heavy atom. The first kappa shape index (κ1) is 17.4. The molecule has 1 aromatic carbocycles. The van der Waals surface area contributed by atoms with Crippen LogP contribution in [-0.2, 0) is 6.54 Å². The minimum absolute atomic E-state index is 0.129. The lowest BCUT2D eigenvalue weighted by Gasteiger charge is -2.18. The van der Waals surface area contributed by atoms with Crippen LogP contribution in [-0.4, -0.2) is 47.2 Å². The maximum atomic E-state index is 13.1. The van der Waals surface area contributed by atoms with Crippen LogP contribution in [0.25, 0.3) is 0 Å². The Morgan fingerprint density at radius 1 is 1.17 bits per heavy atom. The Balaban J connectivity index is 1.71. The van der Waals surface area contributed by atoms with Crippen molar-refractivity contribution in [2.75, 3.05) is 20.1 Å². The number of amides is 3. The summed E-state index contributed by atoms with van der Waals surface area (Å²) in [5.41, 5.74) is 0.802. The first-order valence-electron chi connectivity index (χ1n) is 7.18. The number of aromatic nitrogens is 2. The second kappa shape index (κ2) is 8.04. The fraction of sp³-hybridized carbons (Fsp3) is 0.267. The largest absolute Gasteiger partial charge is 0.349 e. The number of H-pyrrole nitrogens is 1. The van der Waals surface area contributed by atoms with E-state index in [2.05, 4.69) is 20.8 Å². The third kappa shape index (κ3) is 4.77. The van der Waals surface area contributed by atoms with Crippen molar-refractivity contribution >= 4 is 11.9 Å². The molecule has 7 nitrogen and oxygen atoms in total. The quantitative estimate of drug-likeness (QED) is 0.693. The van der Waals surface area contributed by atoms with Crippen molar-refractivity contribution in [3.05, 3.63) is 53.4 Å². The Bertz CT molecular complexity index is 706. The minimum Gasteiger partial charge on any atom is -0.349 e. The molecule has 0 spiro atoms. The molecule has 0 aliphatic carbocycles. The molecule has 0 unspecified atom stereocenters. The van der Waals surface area contributed by atoms with Crippen molar-refractivity contribution < 1.29 is 18.4 Å². The predicted molar refractivity (Wildman–Crippen MR) is 82.1 cm³/mol. The van der Waals surface area contributed by atoms with E-state index in [0.29, 0.717) is 11.3 Å². The lowest BCUT2D eigenvalue weighted by atomic mass is 10.2. The van der Waals surface area contributed by atoms with Crippen LogP contribution in [0.5, 0.6) is 0 Å². The molecule has 1 heterocycles. The number of urea groups is 1. The van der Waals surface area contributed by atoms with E-state index >= 15 is 0 Å². The van der Waals surface area contributed by atoms with Crippen molar-refractivity contribution in [3.63, 3.8) is 0 Å². The number of nitrogens with zero attached hydrogens (tertiary/aromatic N) is 2. The average molecular weight is 337 g/mol. The molecule has 0 atom stereocenters. The number of rotatable bonds is 6. The molecule has 0 saturated carbocycles. The van der Waals surface area contributed by atoms with Gasteiger partial charge in [0.05, 0.1) is 0 Å². The van der Waals surface area contributed by atoms with Crippen LogP contribution in [0.4, 0.5) is 13.6 Å². The molecule has 9 heteroatoms. The molecule has 0 aliphatic rings. The summed E-state index contributed by atoms with van der Waals surface area (Å²) in [4.78, 5) is 24.8. The summed E-state index contributed by atoms with van der Waals surface area (Å²) in [5.74, 6) is -2.21. The third-order valence-electron chi connectivity index (χ3n) is 3.18. The zero-order chi connectivity index (χ0) is 17.5. The van der Waals surface area contributed by atoms with Crippen molar-refractivity contribution in [2.24, 2.45) is 0 Å². The monoisotopic (exact) mass is 337 g/mol. The normalized spacial score (nSPS) is 10.3. The molecule has 0 aliphatic heterocycles. The lowest BCUT2D eigenvalue weighted by Crippen LogP contribution is -2.41. The highest BCUT2D eigenvalue weighted by molar-refractivity contribution is 5.92. The van der Waals surface area contributed by atoms with Gasteiger partial charge in [-0.15, -0.1) is 0 Å². The van der Waals surface area contributed by atoms with Crippen LogP contribution in [0.15, 0.2) is 30.5 Å². The number of aromatic amines is 1. The molecule has 128 valence electrons. The molecular weight excluding hydrogens is 320 g/mol. The Morgan fingerprint density at radius 2 is 1.92 bits per heavy atom. The lowest BCUT2D eigenvalue weighted by molar-refractivity contribution is 0.0948. The van der Waals surface area contributed by atoms with Gasteiger partial charge < -0.3 is 15.5 Å². The fourth-order valence-corrected chi connectivity index (χ4v) is 1.94. The first-order valence-corrected chi connectivity index (χ1v) is 7.18. The number of hydrogen-bond acceptors (Lipinski definition) is 3. The smallest absolute Gasteiger partial charge is 0.317 e. The van der Waals surface area contributed by atoms with Gasteiger partial charge >= 0.3 is 6.03 Å². The van der Waals surface area contributed by atoms with E-state index < -0.39 is 17.7 Å². The summed E-state index contributed by atoms with van der Waals surface area (Å²) in [6.45, 7) is 0.590. The van der Waals surface area contributed by atoms with Crippen LogP contribution in [0.3, 0.4) is 0 Å². The standard InChI is InChI=1S/C15H17F2N5O2/c1-22(9-10-2-3-11(16)12(17)8-10)15(24)19-7-6-18-14(23)13-4-5-20-21-13/h2-5,8H,6-7,9H2,1H3,(H,18,23)(H,19,24)(H,20,21). The second-order valence-electron chi connectivity index (χ2n) is 5.06. The molecule has 3 amide bonds. The summed E-state index contributed by atoms with van der Waals surface area (Å²) in [6, 6.07) is 4.61. The molecule has 1 aromatic heterocycles. The Labute approximate surface area is 137 Å². The fourth-order valence-electron chi connectivity index (χ4n) is 1.94. The van der Waals surface area contributed by atoms with E-state index in [1.165, 1.54) is 30.3 Å². The predicted octanol–water partition coefficient (Wildman–Crippen LogP) is 1.26. The van der Waals surface area contributed by atoms with E-state index in [-0.39, 0.29) is 25.5 Å². The van der Waals surface area contributed by atoms with Gasteiger partial charge in [-0.3, -0.25) is 9.89 Å². The van der Waals surface area contributed by atoms with E-state index in [4.69, 9.17) is 0 Å². The zero-order valence-electron chi connectivity index (χ0n) is 13.0. The van der Waals surface area contributed by atoms with Gasteiger partial charge in [0.1, 0.15) is 5.69 Å². The first-order chi connectivity index (χ1) is 11.5. The highest BCUT2D eigenvalue weighted by Gasteiger charge is 2.11. The molecule has 24 heavy (non-hydrogen) atoms. The van der Waals surface area contributed by atoms with Gasteiger partial charge in [0.25, 0.3) is 5.91 Å². The molecule has 2 aromatic rings. The van der Waals surface area contributed by atoms with Gasteiger partial charge in [0, 0.05) is 32.9 Å². The summed E-state index contributed by atoms with van der Waals surface area (Å²) in [6.07, 6.45) is 1.46. The van der Waals surface area contributed by atoms with Gasteiger partial charge in [-0.05, 0) is 23.8 Å². The SMILES string of the molecule is CN(Cc1ccc(F)c(F)c1)C(=O)NCCNC(=O)c1ccn[nH]1. The molecule has 0 saturated heterocycles. The Hall–Kier alpha value is -2.97. The third-order valence-corrected chi connectivity index (χ3v) is 3.18. The molecule has 0 bridgehead atoms. The van der Waals surface area contributed by atoms with Crippen molar-refractivity contribution in [2.45, 2.75) is 6.54 Å². The van der Waals surface area contributed by atoms with Gasteiger partial charge in [-0.25, -0.2) is 13.6 Å². The van der Waals surface area contributed by atoms with Gasteiger partial charge in [0.2, 0.25) is 0 Å². The summed E-state index contributed by atoms with van der Waals surface area (Å²) in [7, 11) is 1.53. The maximum Gasteiger partial charge on any atom is 0.317 e. The summed E-state index contributed by atoms with van der Waals surface area (Å²) in [5, 5.41) is 11.4. The van der Waals surface area contributed by atoms with Crippen molar-refractivity contribution in [1.29, 1.82) is 0 Å². The topological polar surface area (TPSA) is 90.1 Å². The number of nitrogens with one attached hydrogen (secondary N) is 3. The molecule has 0 fully saturated rings. The number of benzene rings is 1. The molecule has 0 radical (unpaired) electrons. The molecular formula is C15H17F2N5O2. The van der Waals surface area contributed by atoms with E-state index in [1.807, 2.05) is 0 Å². The number of carbonyl (C=O) groups is 2. The average Bonchev–Trinajstić information content (AvgIpc) is 3.09. The molecule has 2 rings (SSSR count).